The zero-order valence-electron chi connectivity index (χ0n) is 13.9. The van der Waals surface area contributed by atoms with Crippen molar-refractivity contribution in [3.63, 3.8) is 0 Å². The maximum Gasteiger partial charge on any atom is 0.124 e. The van der Waals surface area contributed by atoms with Crippen LogP contribution >= 0.6 is 0 Å². The molecule has 0 bridgehead atoms. The van der Waals surface area contributed by atoms with E-state index in [1.807, 2.05) is 13.0 Å². The second kappa shape index (κ2) is 7.15. The lowest BCUT2D eigenvalue weighted by atomic mass is 9.99. The van der Waals surface area contributed by atoms with Crippen LogP contribution in [0.4, 0.5) is 0 Å². The number of nitrogens with one attached hydrogen (secondary N) is 1. The lowest BCUT2D eigenvalue weighted by molar-refractivity contribution is 0.167. The number of imidazole rings is 1. The number of rotatable bonds is 6. The highest BCUT2D eigenvalue weighted by molar-refractivity contribution is 5.37. The molecule has 23 heavy (non-hydrogen) atoms. The monoisotopic (exact) mass is 315 g/mol. The highest BCUT2D eigenvalue weighted by atomic mass is 16.5. The van der Waals surface area contributed by atoms with Gasteiger partial charge in [0, 0.05) is 30.8 Å². The fourth-order valence-corrected chi connectivity index (χ4v) is 3.43. The van der Waals surface area contributed by atoms with E-state index in [9.17, 15) is 5.11 Å². The number of nitrogens with zero attached hydrogens (tertiary/aromatic N) is 2. The Morgan fingerprint density at radius 2 is 2.26 bits per heavy atom. The van der Waals surface area contributed by atoms with Crippen molar-refractivity contribution >= 4 is 0 Å². The van der Waals surface area contributed by atoms with Crippen molar-refractivity contribution in [3.8, 4) is 5.75 Å². The van der Waals surface area contributed by atoms with Crippen molar-refractivity contribution in [1.29, 1.82) is 0 Å². The number of aliphatic hydroxyl groups excluding tert-OH is 1. The van der Waals surface area contributed by atoms with Crippen LogP contribution in [0.2, 0.25) is 0 Å². The van der Waals surface area contributed by atoms with Crippen LogP contribution in [0.3, 0.4) is 0 Å². The second-order valence-electron chi connectivity index (χ2n) is 5.94. The zero-order chi connectivity index (χ0) is 16.2. The first-order chi connectivity index (χ1) is 11.3. The molecule has 0 saturated heterocycles. The second-order valence-corrected chi connectivity index (χ2v) is 5.94. The van der Waals surface area contributed by atoms with Gasteiger partial charge in [0.2, 0.25) is 0 Å². The highest BCUT2D eigenvalue weighted by Crippen LogP contribution is 2.31. The Morgan fingerprint density at radius 3 is 3.00 bits per heavy atom. The molecule has 124 valence electrons. The number of hydrogen-bond acceptors (Lipinski definition) is 4. The minimum absolute atomic E-state index is 0.00386. The van der Waals surface area contributed by atoms with Gasteiger partial charge in [0.1, 0.15) is 5.75 Å². The molecule has 5 heteroatoms. The molecule has 2 aromatic rings. The van der Waals surface area contributed by atoms with Gasteiger partial charge in [0.05, 0.1) is 31.3 Å². The molecule has 0 fully saturated rings. The van der Waals surface area contributed by atoms with Crippen LogP contribution in [0.25, 0.3) is 0 Å². The molecular formula is C18H25N3O2. The molecule has 0 saturated carbocycles. The molecule has 1 aromatic heterocycles. The number of H-pyrrole nitrogens is 1. The van der Waals surface area contributed by atoms with E-state index >= 15 is 0 Å². The minimum Gasteiger partial charge on any atom is -0.494 e. The van der Waals surface area contributed by atoms with Gasteiger partial charge in [-0.05, 0) is 31.0 Å². The topological polar surface area (TPSA) is 61.4 Å². The van der Waals surface area contributed by atoms with Crippen molar-refractivity contribution in [2.24, 2.45) is 0 Å². The quantitative estimate of drug-likeness (QED) is 0.860. The van der Waals surface area contributed by atoms with Crippen LogP contribution in [0.1, 0.15) is 48.8 Å². The predicted octanol–water partition coefficient (Wildman–Crippen LogP) is 2.81. The molecule has 2 N–H and O–H groups in total. The van der Waals surface area contributed by atoms with E-state index in [-0.39, 0.29) is 6.61 Å². The van der Waals surface area contributed by atoms with Gasteiger partial charge in [-0.25, -0.2) is 4.98 Å². The van der Waals surface area contributed by atoms with E-state index in [4.69, 9.17) is 4.74 Å². The largest absolute Gasteiger partial charge is 0.494 e. The number of hydrogen-bond donors (Lipinski definition) is 2. The third-order valence-corrected chi connectivity index (χ3v) is 4.52. The van der Waals surface area contributed by atoms with E-state index in [0.717, 1.165) is 37.2 Å². The average Bonchev–Trinajstić information content (AvgIpc) is 3.05. The van der Waals surface area contributed by atoms with Crippen LogP contribution in [0.5, 0.6) is 5.75 Å². The van der Waals surface area contributed by atoms with Crippen LogP contribution in [-0.4, -0.2) is 33.1 Å². The first kappa shape index (κ1) is 16.0. The van der Waals surface area contributed by atoms with Crippen molar-refractivity contribution in [3.05, 3.63) is 47.0 Å². The molecule has 0 aliphatic carbocycles. The van der Waals surface area contributed by atoms with Crippen LogP contribution < -0.4 is 4.74 Å². The summed E-state index contributed by atoms with van der Waals surface area (Å²) in [4.78, 5) is 10.2. The third-order valence-electron chi connectivity index (χ3n) is 4.52. The number of ether oxygens (including phenoxy) is 1. The molecule has 0 unspecified atom stereocenters. The summed E-state index contributed by atoms with van der Waals surface area (Å²) in [6.45, 7) is 6.66. The van der Waals surface area contributed by atoms with E-state index in [1.54, 1.807) is 6.33 Å². The molecule has 1 aliphatic rings. The number of benzene rings is 1. The summed E-state index contributed by atoms with van der Waals surface area (Å²) in [5.74, 6) is 0.777. The summed E-state index contributed by atoms with van der Waals surface area (Å²) in [5, 5.41) is 9.57. The Kier molecular flexibility index (Phi) is 4.98. The lowest BCUT2D eigenvalue weighted by Crippen LogP contribution is -2.34. The number of fused-ring (bicyclic) bond motifs is 1. The Bertz CT molecular complexity index is 653. The van der Waals surface area contributed by atoms with Crippen molar-refractivity contribution in [2.75, 3.05) is 13.2 Å². The van der Waals surface area contributed by atoms with Gasteiger partial charge in [-0.3, -0.25) is 4.90 Å². The summed E-state index contributed by atoms with van der Waals surface area (Å²) >= 11 is 0. The van der Waals surface area contributed by atoms with Crippen molar-refractivity contribution < 1.29 is 9.84 Å². The molecule has 1 aromatic carbocycles. The van der Waals surface area contributed by atoms with Crippen LogP contribution in [0, 0.1) is 0 Å². The Hall–Kier alpha value is -1.85. The summed E-state index contributed by atoms with van der Waals surface area (Å²) in [5.41, 5.74) is 4.52. The summed E-state index contributed by atoms with van der Waals surface area (Å²) in [6, 6.07) is 6.47. The molecule has 5 nitrogen and oxygen atoms in total. The lowest BCUT2D eigenvalue weighted by Gasteiger charge is -2.34. The first-order valence-corrected chi connectivity index (χ1v) is 8.38. The SMILES string of the molecule is CCOc1ccc(CN2CCc3[nH]cnc3[C@H]2CC)cc1CO. The average molecular weight is 315 g/mol. The molecular weight excluding hydrogens is 290 g/mol. The summed E-state index contributed by atoms with van der Waals surface area (Å²) in [7, 11) is 0. The van der Waals surface area contributed by atoms with Gasteiger partial charge in [-0.2, -0.15) is 0 Å². The predicted molar refractivity (Wildman–Crippen MR) is 89.3 cm³/mol. The smallest absolute Gasteiger partial charge is 0.124 e. The van der Waals surface area contributed by atoms with Gasteiger partial charge in [0.25, 0.3) is 0 Å². The van der Waals surface area contributed by atoms with Crippen LogP contribution in [0.15, 0.2) is 24.5 Å². The van der Waals surface area contributed by atoms with Gasteiger partial charge in [-0.15, -0.1) is 0 Å². The first-order valence-electron chi connectivity index (χ1n) is 8.38. The van der Waals surface area contributed by atoms with Gasteiger partial charge in [0.15, 0.2) is 0 Å². The maximum atomic E-state index is 9.57. The number of aromatic nitrogens is 2. The van der Waals surface area contributed by atoms with Crippen molar-refractivity contribution in [1.82, 2.24) is 14.9 Å². The van der Waals surface area contributed by atoms with E-state index in [1.165, 1.54) is 17.0 Å². The molecule has 0 spiro atoms. The van der Waals surface area contributed by atoms with E-state index in [2.05, 4.69) is 33.9 Å². The van der Waals surface area contributed by atoms with E-state index < -0.39 is 0 Å². The third kappa shape index (κ3) is 3.26. The minimum atomic E-state index is 0.00386. The Morgan fingerprint density at radius 1 is 1.39 bits per heavy atom. The Balaban J connectivity index is 1.79. The van der Waals surface area contributed by atoms with Gasteiger partial charge >= 0.3 is 0 Å². The number of aromatic amines is 1. The standard InChI is InChI=1S/C18H25N3O2/c1-3-16-18-15(19-12-20-18)7-8-21(16)10-13-5-6-17(23-4-2)14(9-13)11-22/h5-6,9,12,16,22H,3-4,7-8,10-11H2,1-2H3,(H,19,20)/t16-/m1/s1. The zero-order valence-corrected chi connectivity index (χ0v) is 13.9. The van der Waals surface area contributed by atoms with Gasteiger partial charge in [-0.1, -0.05) is 13.0 Å². The molecule has 1 aliphatic heterocycles. The van der Waals surface area contributed by atoms with Gasteiger partial charge < -0.3 is 14.8 Å². The number of aliphatic hydroxyl groups is 1. The maximum absolute atomic E-state index is 9.57. The van der Waals surface area contributed by atoms with Crippen LogP contribution in [-0.2, 0) is 19.6 Å². The highest BCUT2D eigenvalue weighted by Gasteiger charge is 2.28. The molecule has 2 heterocycles. The molecule has 0 amide bonds. The normalized spacial score (nSPS) is 18.0. The molecule has 3 rings (SSSR count). The van der Waals surface area contributed by atoms with Crippen molar-refractivity contribution in [2.45, 2.75) is 45.9 Å². The fraction of sp³-hybridized carbons (Fsp3) is 0.500. The molecule has 1 atom stereocenters. The fourth-order valence-electron chi connectivity index (χ4n) is 3.43. The summed E-state index contributed by atoms with van der Waals surface area (Å²) < 4.78 is 5.56. The molecule has 0 radical (unpaired) electrons. The summed E-state index contributed by atoms with van der Waals surface area (Å²) in [6.07, 6.45) is 3.86. The van der Waals surface area contributed by atoms with E-state index in [0.29, 0.717) is 12.6 Å². The Labute approximate surface area is 137 Å².